The van der Waals surface area contributed by atoms with Crippen molar-refractivity contribution < 1.29 is 77.0 Å². The van der Waals surface area contributed by atoms with Crippen LogP contribution in [-0.4, -0.2) is 198 Å². The van der Waals surface area contributed by atoms with E-state index in [-0.39, 0.29) is 60.1 Å². The van der Waals surface area contributed by atoms with Crippen LogP contribution in [0.4, 0.5) is 0 Å². The van der Waals surface area contributed by atoms with E-state index in [4.69, 9.17) is 4.74 Å². The van der Waals surface area contributed by atoms with Crippen LogP contribution in [0.1, 0.15) is 126 Å². The molecule has 468 valence electrons. The number of rotatable bonds is 22. The number of nitrogens with one attached hydrogen (secondary N) is 10. The van der Waals surface area contributed by atoms with Crippen LogP contribution >= 0.6 is 0 Å². The Labute approximate surface area is 480 Å². The van der Waals surface area contributed by atoms with Gasteiger partial charge in [0.2, 0.25) is 76.8 Å². The van der Waals surface area contributed by atoms with Crippen LogP contribution in [0.3, 0.4) is 0 Å². The second-order valence-electron chi connectivity index (χ2n) is 19.8. The zero-order valence-corrected chi connectivity index (χ0v) is 48.1. The standard InChI is InChI=1S/C51H82N13O19/c1-8-9-10-11-12-13-14-21-40(69)57-39-29-83-43(72)27-54-46(74)35(18-15-22-62(80)32(5)66)56-41(70)25-52-45(73)31(4)55-48(76)37(20-17-24-64(82)34(7)68)59-49(77)38(28-65)60-51(79)44(30(2)3)61-42(71)26-53-47(75)36(58-50(39)78)19-16-23-63(81)33(6)67/h13-14,30-31,35-39,44,65H,8-12,15-29H2,1-7H3,(H,52,73)(H,53,75)(H,54,74)(H,55,76)(H,56,70)(H,57,69)(H,58,78)(H,59,77)(H,60,79)(H,61,71)/q-3/b14-13-/t31-,35-,36-,37-,38-,39-,44-/m0/s1. The Morgan fingerprint density at radius 3 is 1.54 bits per heavy atom. The quantitative estimate of drug-likeness (QED) is 0.0215. The molecular formula is C51H82N13O19-3. The van der Waals surface area contributed by atoms with Crippen molar-refractivity contribution in [2.24, 2.45) is 5.92 Å². The molecule has 7 atom stereocenters. The summed E-state index contributed by atoms with van der Waals surface area (Å²) in [5, 5.41) is 69.9. The first-order valence-corrected chi connectivity index (χ1v) is 27.3. The molecule has 0 aromatic heterocycles. The van der Waals surface area contributed by atoms with E-state index < -0.39 is 183 Å². The molecule has 13 amide bonds. The molecule has 0 aromatic carbocycles. The van der Waals surface area contributed by atoms with Crippen LogP contribution in [0.5, 0.6) is 0 Å². The maximum Gasteiger partial charge on any atom is 0.325 e. The van der Waals surface area contributed by atoms with E-state index in [1.807, 2.05) is 6.92 Å². The van der Waals surface area contributed by atoms with E-state index in [9.17, 15) is 87.9 Å². The van der Waals surface area contributed by atoms with Gasteiger partial charge in [-0.15, -0.1) is 0 Å². The highest BCUT2D eigenvalue weighted by Gasteiger charge is 2.33. The second-order valence-corrected chi connectivity index (χ2v) is 19.8. The number of hydrogen-bond acceptors (Lipinski definition) is 19. The van der Waals surface area contributed by atoms with Crippen LogP contribution in [0.25, 0.3) is 0 Å². The molecule has 1 rings (SSSR count). The van der Waals surface area contributed by atoms with Crippen molar-refractivity contribution in [1.82, 2.24) is 68.4 Å². The molecule has 1 aliphatic rings. The monoisotopic (exact) mass is 1180 g/mol. The Hall–Kier alpha value is -7.84. The summed E-state index contributed by atoms with van der Waals surface area (Å²) in [6, 6.07) is -11.2. The van der Waals surface area contributed by atoms with Gasteiger partial charge in [0.05, 0.1) is 19.7 Å². The first-order valence-electron chi connectivity index (χ1n) is 27.3. The Morgan fingerprint density at radius 2 is 1.04 bits per heavy atom. The average Bonchev–Trinajstić information content (AvgIpc) is 3.46. The number of aliphatic hydroxyl groups excluding tert-OH is 1. The van der Waals surface area contributed by atoms with Crippen molar-refractivity contribution in [2.45, 2.75) is 168 Å². The van der Waals surface area contributed by atoms with E-state index in [0.29, 0.717) is 6.42 Å². The van der Waals surface area contributed by atoms with Gasteiger partial charge < -0.3 is 93.8 Å². The fraction of sp³-hybridized carbons (Fsp3) is 0.686. The summed E-state index contributed by atoms with van der Waals surface area (Å²) in [4.78, 5) is 183. The molecule has 1 fully saturated rings. The van der Waals surface area contributed by atoms with Gasteiger partial charge in [-0.25, -0.2) is 0 Å². The predicted molar refractivity (Wildman–Crippen MR) is 294 cm³/mol. The van der Waals surface area contributed by atoms with Crippen molar-refractivity contribution in [2.75, 3.05) is 52.5 Å². The summed E-state index contributed by atoms with van der Waals surface area (Å²) in [7, 11) is 0. The molecule has 0 bridgehead atoms. The van der Waals surface area contributed by atoms with Crippen LogP contribution in [0.2, 0.25) is 0 Å². The maximum atomic E-state index is 14.0. The van der Waals surface area contributed by atoms with Crippen molar-refractivity contribution in [1.29, 1.82) is 0 Å². The van der Waals surface area contributed by atoms with Gasteiger partial charge in [-0.3, -0.25) is 67.1 Å². The first-order chi connectivity index (χ1) is 39.1. The van der Waals surface area contributed by atoms with Gasteiger partial charge in [0.1, 0.15) is 55.4 Å². The van der Waals surface area contributed by atoms with Gasteiger partial charge in [0.25, 0.3) is 0 Å². The van der Waals surface area contributed by atoms with Gasteiger partial charge in [0, 0.05) is 46.8 Å². The lowest BCUT2D eigenvalue weighted by atomic mass is 10.0. The van der Waals surface area contributed by atoms with E-state index in [1.54, 1.807) is 12.2 Å². The van der Waals surface area contributed by atoms with Crippen molar-refractivity contribution >= 4 is 82.8 Å². The van der Waals surface area contributed by atoms with E-state index in [0.717, 1.165) is 46.5 Å². The number of unbranched alkanes of at least 4 members (excludes halogenated alkanes) is 4. The number of aliphatic hydroxyl groups is 1. The fourth-order valence-corrected chi connectivity index (χ4v) is 7.53. The molecule has 0 spiro atoms. The lowest BCUT2D eigenvalue weighted by molar-refractivity contribution is -0.147. The SMILES string of the molecule is CCCCCC/C=C\CC(=O)N[C@H]1COC(=O)CNC(=O)[C@H](CCCN([O-])C(C)=O)NC(=O)CNC(=O)[C@H](C)NC(=O)[C@H](CCCN([O-])C(C)=O)NC(=O)[C@H](CO)NC(=O)[C@H](C(C)C)NC(=O)CNC(=O)[C@H](CCCN([O-])C(C)=O)NC1=O. The van der Waals surface area contributed by atoms with E-state index in [1.165, 1.54) is 20.8 Å². The number of hydroxylamine groups is 6. The van der Waals surface area contributed by atoms with Gasteiger partial charge in [-0.05, 0) is 64.2 Å². The van der Waals surface area contributed by atoms with E-state index >= 15 is 0 Å². The molecule has 0 aromatic rings. The summed E-state index contributed by atoms with van der Waals surface area (Å²) < 4.78 is 5.27. The van der Waals surface area contributed by atoms with Gasteiger partial charge in [-0.1, -0.05) is 52.2 Å². The molecular weight excluding hydrogens is 1100 g/mol. The van der Waals surface area contributed by atoms with Crippen LogP contribution < -0.4 is 53.2 Å². The Balaban J connectivity index is 3.79. The minimum atomic E-state index is -1.81. The number of ether oxygens (including phenoxy) is 1. The Bertz CT molecular complexity index is 2270. The van der Waals surface area contributed by atoms with Crippen LogP contribution in [-0.2, 0) is 71.9 Å². The fourth-order valence-electron chi connectivity index (χ4n) is 7.53. The maximum absolute atomic E-state index is 14.0. The number of carbonyl (C=O) groups excluding carboxylic acids is 14. The lowest BCUT2D eigenvalue weighted by Crippen LogP contribution is -2.60. The number of cyclic esters (lactones) is 1. The van der Waals surface area contributed by atoms with Crippen molar-refractivity contribution in [3.05, 3.63) is 27.8 Å². The summed E-state index contributed by atoms with van der Waals surface area (Å²) in [6.07, 6.45) is 5.97. The molecule has 0 radical (unpaired) electrons. The first kappa shape index (κ1) is 73.2. The number of allylic oxidation sites excluding steroid dienone is 1. The molecule has 0 saturated carbocycles. The van der Waals surface area contributed by atoms with Gasteiger partial charge >= 0.3 is 5.97 Å². The molecule has 32 nitrogen and oxygen atoms in total. The molecule has 83 heavy (non-hydrogen) atoms. The summed E-state index contributed by atoms with van der Waals surface area (Å²) >= 11 is 0. The Kier molecular flexibility index (Phi) is 34.9. The lowest BCUT2D eigenvalue weighted by Gasteiger charge is -2.28. The minimum absolute atomic E-state index is 0.0815. The molecule has 1 saturated heterocycles. The average molecular weight is 1180 g/mol. The van der Waals surface area contributed by atoms with Gasteiger partial charge in [0.15, 0.2) is 0 Å². The van der Waals surface area contributed by atoms with Crippen molar-refractivity contribution in [3.63, 3.8) is 0 Å². The molecule has 1 aliphatic heterocycles. The molecule has 11 N–H and O–H groups in total. The highest BCUT2D eigenvalue weighted by molar-refractivity contribution is 5.98. The van der Waals surface area contributed by atoms with Crippen molar-refractivity contribution in [3.8, 4) is 0 Å². The van der Waals surface area contributed by atoms with Crippen LogP contribution in [0, 0.1) is 21.5 Å². The van der Waals surface area contributed by atoms with Gasteiger partial charge in [-0.2, -0.15) is 0 Å². The third kappa shape index (κ3) is 30.2. The minimum Gasteiger partial charge on any atom is -0.756 e. The number of esters is 1. The zero-order valence-electron chi connectivity index (χ0n) is 48.1. The molecule has 1 heterocycles. The summed E-state index contributed by atoms with van der Waals surface area (Å²) in [5.41, 5.74) is 0. The largest absolute Gasteiger partial charge is 0.756 e. The van der Waals surface area contributed by atoms with Crippen LogP contribution in [0.15, 0.2) is 12.2 Å². The molecule has 0 unspecified atom stereocenters. The summed E-state index contributed by atoms with van der Waals surface area (Å²) in [5.74, 6) is -14.7. The number of carbonyl (C=O) groups is 14. The number of hydrogen-bond donors (Lipinski definition) is 11. The predicted octanol–water partition coefficient (Wildman–Crippen LogP) is -3.75. The number of amides is 13. The van der Waals surface area contributed by atoms with E-state index in [2.05, 4.69) is 53.2 Å². The smallest absolute Gasteiger partial charge is 0.325 e. The highest BCUT2D eigenvalue weighted by Crippen LogP contribution is 2.09. The Morgan fingerprint density at radius 1 is 0.578 bits per heavy atom. The number of nitrogens with zero attached hydrogens (tertiary/aromatic N) is 3. The topological polar surface area (TPSA) is 468 Å². The highest BCUT2D eigenvalue weighted by atomic mass is 16.5. The normalized spacial score (nSPS) is 21.9. The zero-order chi connectivity index (χ0) is 62.8. The molecule has 0 aliphatic carbocycles. The second kappa shape index (κ2) is 39.6. The third-order valence-corrected chi connectivity index (χ3v) is 12.4. The molecule has 32 heteroatoms. The summed E-state index contributed by atoms with van der Waals surface area (Å²) in [6.45, 7) is 3.26. The third-order valence-electron chi connectivity index (χ3n) is 12.4.